The van der Waals surface area contributed by atoms with Gasteiger partial charge in [0.1, 0.15) is 18.2 Å². The third-order valence-corrected chi connectivity index (χ3v) is 3.32. The fraction of sp³-hybridized carbons (Fsp3) is 0.538. The highest BCUT2D eigenvalue weighted by Gasteiger charge is 2.28. The highest BCUT2D eigenvalue weighted by molar-refractivity contribution is 5.41. The highest BCUT2D eigenvalue weighted by Crippen LogP contribution is 2.22. The molecular formula is C13H19N9. The summed E-state index contributed by atoms with van der Waals surface area (Å²) in [4.78, 5) is 16.7. The lowest BCUT2D eigenvalue weighted by Gasteiger charge is -2.26. The van der Waals surface area contributed by atoms with Gasteiger partial charge in [-0.05, 0) is 12.8 Å². The Hall–Kier alpha value is -2.76. The molecule has 0 fully saturated rings. The fourth-order valence-electron chi connectivity index (χ4n) is 2.08. The summed E-state index contributed by atoms with van der Waals surface area (Å²) < 4.78 is 1.44. The number of nitrogens with one attached hydrogen (secondary N) is 2. The van der Waals surface area contributed by atoms with Crippen molar-refractivity contribution in [2.45, 2.75) is 38.6 Å². The van der Waals surface area contributed by atoms with Gasteiger partial charge < -0.3 is 10.6 Å². The van der Waals surface area contributed by atoms with E-state index in [1.165, 1.54) is 17.3 Å². The molecule has 0 aliphatic heterocycles. The van der Waals surface area contributed by atoms with Gasteiger partial charge >= 0.3 is 0 Å². The van der Waals surface area contributed by atoms with Crippen molar-refractivity contribution in [2.24, 2.45) is 0 Å². The molecule has 2 rings (SSSR count). The van der Waals surface area contributed by atoms with E-state index < -0.39 is 5.54 Å². The minimum absolute atomic E-state index is 0.332. The zero-order chi connectivity index (χ0) is 16.0. The van der Waals surface area contributed by atoms with Gasteiger partial charge in [-0.1, -0.05) is 20.3 Å². The van der Waals surface area contributed by atoms with Crippen LogP contribution in [-0.2, 0) is 0 Å². The molecule has 2 aromatic heterocycles. The molecule has 9 heteroatoms. The Morgan fingerprint density at radius 3 is 2.59 bits per heavy atom. The SMILES string of the molecule is CCCC(C#N)(CC)Nc1nc(NC)nc(-n2cncn2)n1. The first-order valence-electron chi connectivity index (χ1n) is 7.14. The van der Waals surface area contributed by atoms with E-state index in [0.717, 1.165) is 6.42 Å². The number of hydrogen-bond donors (Lipinski definition) is 2. The third kappa shape index (κ3) is 3.28. The molecule has 9 nitrogen and oxygen atoms in total. The first-order chi connectivity index (χ1) is 10.7. The second-order valence-corrected chi connectivity index (χ2v) is 4.80. The molecule has 0 saturated heterocycles. The molecule has 0 aliphatic carbocycles. The summed E-state index contributed by atoms with van der Waals surface area (Å²) in [6, 6.07) is 2.34. The minimum atomic E-state index is -0.694. The summed E-state index contributed by atoms with van der Waals surface area (Å²) in [6.45, 7) is 4.00. The Kier molecular flexibility index (Phi) is 4.83. The van der Waals surface area contributed by atoms with Crippen LogP contribution in [0.4, 0.5) is 11.9 Å². The smallest absolute Gasteiger partial charge is 0.258 e. The number of anilines is 2. The van der Waals surface area contributed by atoms with Crippen LogP contribution in [0.25, 0.3) is 5.95 Å². The number of nitrogens with zero attached hydrogens (tertiary/aromatic N) is 7. The Bertz CT molecular complexity index is 646. The summed E-state index contributed by atoms with van der Waals surface area (Å²) in [6.07, 6.45) is 5.14. The van der Waals surface area contributed by atoms with Gasteiger partial charge in [-0.3, -0.25) is 0 Å². The van der Waals surface area contributed by atoms with Crippen LogP contribution in [0.2, 0.25) is 0 Å². The van der Waals surface area contributed by atoms with E-state index in [1.807, 2.05) is 13.8 Å². The topological polar surface area (TPSA) is 117 Å². The molecule has 22 heavy (non-hydrogen) atoms. The van der Waals surface area contributed by atoms with E-state index in [-0.39, 0.29) is 0 Å². The normalized spacial score (nSPS) is 13.2. The Morgan fingerprint density at radius 2 is 2.05 bits per heavy atom. The summed E-state index contributed by atoms with van der Waals surface area (Å²) >= 11 is 0. The molecule has 2 aromatic rings. The first-order valence-corrected chi connectivity index (χ1v) is 7.14. The molecule has 0 saturated carbocycles. The lowest BCUT2D eigenvalue weighted by atomic mass is 9.92. The van der Waals surface area contributed by atoms with Gasteiger partial charge in [-0.15, -0.1) is 0 Å². The van der Waals surface area contributed by atoms with E-state index in [4.69, 9.17) is 0 Å². The van der Waals surface area contributed by atoms with Gasteiger partial charge in [0.15, 0.2) is 0 Å². The third-order valence-electron chi connectivity index (χ3n) is 3.32. The first kappa shape index (κ1) is 15.6. The number of rotatable bonds is 7. The quantitative estimate of drug-likeness (QED) is 0.787. The van der Waals surface area contributed by atoms with Crippen LogP contribution >= 0.6 is 0 Å². The molecule has 2 heterocycles. The van der Waals surface area contributed by atoms with Crippen molar-refractivity contribution in [1.82, 2.24) is 29.7 Å². The van der Waals surface area contributed by atoms with Crippen LogP contribution in [0.5, 0.6) is 0 Å². The van der Waals surface area contributed by atoms with E-state index in [2.05, 4.69) is 41.7 Å². The standard InChI is InChI=1S/C13H19N9/c1-4-6-13(5-2,7-14)21-11-18-10(15-3)19-12(20-11)22-9-16-8-17-22/h8-9H,4-6H2,1-3H3,(H2,15,18,19,20,21). The van der Waals surface area contributed by atoms with Gasteiger partial charge in [0, 0.05) is 7.05 Å². The summed E-state index contributed by atoms with van der Waals surface area (Å²) in [5.41, 5.74) is -0.694. The van der Waals surface area contributed by atoms with Crippen LogP contribution in [0.1, 0.15) is 33.1 Å². The van der Waals surface area contributed by atoms with Crippen LogP contribution < -0.4 is 10.6 Å². The van der Waals surface area contributed by atoms with Crippen molar-refractivity contribution in [3.05, 3.63) is 12.7 Å². The number of nitriles is 1. The largest absolute Gasteiger partial charge is 0.357 e. The molecular weight excluding hydrogens is 282 g/mol. The maximum atomic E-state index is 9.52. The lowest BCUT2D eigenvalue weighted by molar-refractivity contribution is 0.510. The molecule has 0 aliphatic rings. The van der Waals surface area contributed by atoms with E-state index in [1.54, 1.807) is 7.05 Å². The predicted molar refractivity (Wildman–Crippen MR) is 81.5 cm³/mol. The van der Waals surface area contributed by atoms with Crippen LogP contribution in [0, 0.1) is 11.3 Å². The zero-order valence-corrected chi connectivity index (χ0v) is 12.9. The average molecular weight is 301 g/mol. The maximum Gasteiger partial charge on any atom is 0.258 e. The fourth-order valence-corrected chi connectivity index (χ4v) is 2.08. The van der Waals surface area contributed by atoms with E-state index >= 15 is 0 Å². The molecule has 0 spiro atoms. The van der Waals surface area contributed by atoms with Gasteiger partial charge in [0.05, 0.1) is 6.07 Å². The monoisotopic (exact) mass is 301 g/mol. The van der Waals surface area contributed by atoms with Crippen molar-refractivity contribution in [3.8, 4) is 12.0 Å². The zero-order valence-electron chi connectivity index (χ0n) is 12.9. The molecule has 0 bridgehead atoms. The van der Waals surface area contributed by atoms with E-state index in [9.17, 15) is 5.26 Å². The van der Waals surface area contributed by atoms with Gasteiger partial charge in [-0.25, -0.2) is 4.98 Å². The Balaban J connectivity index is 2.38. The van der Waals surface area contributed by atoms with Crippen molar-refractivity contribution < 1.29 is 0 Å². The van der Waals surface area contributed by atoms with Crippen LogP contribution in [-0.4, -0.2) is 42.3 Å². The Labute approximate surface area is 128 Å². The van der Waals surface area contributed by atoms with E-state index in [0.29, 0.717) is 30.7 Å². The molecule has 2 N–H and O–H groups in total. The number of hydrogen-bond acceptors (Lipinski definition) is 8. The van der Waals surface area contributed by atoms with Crippen molar-refractivity contribution in [2.75, 3.05) is 17.7 Å². The maximum absolute atomic E-state index is 9.52. The summed E-state index contributed by atoms with van der Waals surface area (Å²) in [5, 5.41) is 19.6. The van der Waals surface area contributed by atoms with Gasteiger partial charge in [-0.2, -0.15) is 30.0 Å². The van der Waals surface area contributed by atoms with Crippen LogP contribution in [0.15, 0.2) is 12.7 Å². The second-order valence-electron chi connectivity index (χ2n) is 4.80. The number of aromatic nitrogens is 6. The molecule has 116 valence electrons. The summed E-state index contributed by atoms with van der Waals surface area (Å²) in [7, 11) is 1.72. The molecule has 0 aromatic carbocycles. The summed E-state index contributed by atoms with van der Waals surface area (Å²) in [5.74, 6) is 1.06. The molecule has 0 amide bonds. The van der Waals surface area contributed by atoms with Gasteiger partial charge in [0.2, 0.25) is 11.9 Å². The highest BCUT2D eigenvalue weighted by atomic mass is 15.4. The van der Waals surface area contributed by atoms with Crippen molar-refractivity contribution in [3.63, 3.8) is 0 Å². The molecule has 1 atom stereocenters. The lowest BCUT2D eigenvalue weighted by Crippen LogP contribution is -2.36. The average Bonchev–Trinajstić information content (AvgIpc) is 3.08. The van der Waals surface area contributed by atoms with Crippen LogP contribution in [0.3, 0.4) is 0 Å². The van der Waals surface area contributed by atoms with Crippen molar-refractivity contribution in [1.29, 1.82) is 5.26 Å². The second kappa shape index (κ2) is 6.80. The van der Waals surface area contributed by atoms with Gasteiger partial charge in [0.25, 0.3) is 5.95 Å². The van der Waals surface area contributed by atoms with Crippen molar-refractivity contribution >= 4 is 11.9 Å². The predicted octanol–water partition coefficient (Wildman–Crippen LogP) is 1.38. The molecule has 0 radical (unpaired) electrons. The minimum Gasteiger partial charge on any atom is -0.357 e. The Morgan fingerprint density at radius 1 is 1.27 bits per heavy atom. The molecule has 1 unspecified atom stereocenters.